The van der Waals surface area contributed by atoms with Crippen LogP contribution < -0.4 is 15.4 Å². The van der Waals surface area contributed by atoms with Gasteiger partial charge in [-0.2, -0.15) is 0 Å². The van der Waals surface area contributed by atoms with Crippen LogP contribution >= 0.6 is 11.8 Å². The van der Waals surface area contributed by atoms with Crippen molar-refractivity contribution in [3.63, 3.8) is 0 Å². The first-order valence-corrected chi connectivity index (χ1v) is 10.4. The molecule has 2 aliphatic rings. The summed E-state index contributed by atoms with van der Waals surface area (Å²) in [6.45, 7) is 2.35. The highest BCUT2D eigenvalue weighted by Gasteiger charge is 2.28. The summed E-state index contributed by atoms with van der Waals surface area (Å²) in [6, 6.07) is 18.1. The van der Waals surface area contributed by atoms with E-state index in [9.17, 15) is 4.79 Å². The zero-order valence-electron chi connectivity index (χ0n) is 15.1. The highest BCUT2D eigenvalue weighted by atomic mass is 32.2. The summed E-state index contributed by atoms with van der Waals surface area (Å²) < 4.78 is 11.0. The summed E-state index contributed by atoms with van der Waals surface area (Å²) in [5.41, 5.74) is 1.01. The van der Waals surface area contributed by atoms with E-state index in [1.807, 2.05) is 54.6 Å². The largest absolute Gasteiger partial charge is 0.457 e. The summed E-state index contributed by atoms with van der Waals surface area (Å²) in [5.74, 6) is 2.62. The van der Waals surface area contributed by atoms with Crippen LogP contribution in [0.15, 0.2) is 54.6 Å². The number of benzene rings is 2. The maximum atomic E-state index is 12.7. The zero-order valence-corrected chi connectivity index (χ0v) is 15.9. The Labute approximate surface area is 163 Å². The van der Waals surface area contributed by atoms with Gasteiger partial charge in [0.15, 0.2) is 0 Å². The van der Waals surface area contributed by atoms with Crippen molar-refractivity contribution in [1.29, 1.82) is 0 Å². The van der Waals surface area contributed by atoms with Crippen LogP contribution in [0.5, 0.6) is 11.5 Å². The molecule has 0 unspecified atom stereocenters. The molecular formula is C21H24N2O3S. The fourth-order valence-corrected chi connectivity index (χ4v) is 4.38. The van der Waals surface area contributed by atoms with Gasteiger partial charge in [0.05, 0.1) is 19.3 Å². The zero-order chi connectivity index (χ0) is 18.5. The Balaban J connectivity index is 1.35. The monoisotopic (exact) mass is 384 g/mol. The highest BCUT2D eigenvalue weighted by molar-refractivity contribution is 8.00. The van der Waals surface area contributed by atoms with Gasteiger partial charge in [-0.15, -0.1) is 11.8 Å². The summed E-state index contributed by atoms with van der Waals surface area (Å²) in [6.07, 6.45) is 0.975. The van der Waals surface area contributed by atoms with E-state index in [4.69, 9.17) is 9.47 Å². The lowest BCUT2D eigenvalue weighted by atomic mass is 10.1. The van der Waals surface area contributed by atoms with Gasteiger partial charge in [0.1, 0.15) is 16.7 Å². The van der Waals surface area contributed by atoms with Crippen molar-refractivity contribution in [2.75, 3.05) is 25.5 Å². The van der Waals surface area contributed by atoms with Gasteiger partial charge in [0.2, 0.25) is 5.91 Å². The van der Waals surface area contributed by atoms with Crippen molar-refractivity contribution in [2.45, 2.75) is 23.8 Å². The summed E-state index contributed by atoms with van der Waals surface area (Å²) >= 11 is 1.71. The third-order valence-corrected chi connectivity index (χ3v) is 6.08. The first-order chi connectivity index (χ1) is 13.3. The standard InChI is InChI=1S/C21H24N2O3S/c24-21-20(27-11-10-16(23-21)12-22-17-13-25-14-17)15-6-8-19(9-7-15)26-18-4-2-1-3-5-18/h1-9,16-17,20,22H,10-14H2,(H,23,24)/t16-,20+/m0/s1. The molecule has 5 nitrogen and oxygen atoms in total. The van der Waals surface area contributed by atoms with Gasteiger partial charge in [0, 0.05) is 12.6 Å². The van der Waals surface area contributed by atoms with E-state index in [2.05, 4.69) is 10.6 Å². The number of carbonyl (C=O) groups is 1. The number of hydrogen-bond acceptors (Lipinski definition) is 5. The smallest absolute Gasteiger partial charge is 0.237 e. The molecule has 4 rings (SSSR count). The van der Waals surface area contributed by atoms with E-state index < -0.39 is 0 Å². The van der Waals surface area contributed by atoms with Crippen LogP contribution in [0.3, 0.4) is 0 Å². The van der Waals surface area contributed by atoms with Crippen LogP contribution in [-0.4, -0.2) is 43.5 Å². The third kappa shape index (κ3) is 4.83. The second-order valence-corrected chi connectivity index (χ2v) is 8.08. The molecule has 0 bridgehead atoms. The second kappa shape index (κ2) is 8.78. The van der Waals surface area contributed by atoms with E-state index >= 15 is 0 Å². The van der Waals surface area contributed by atoms with E-state index in [0.29, 0.717) is 6.04 Å². The molecule has 2 N–H and O–H groups in total. The Morgan fingerprint density at radius 3 is 2.52 bits per heavy atom. The van der Waals surface area contributed by atoms with Crippen LogP contribution in [0.1, 0.15) is 17.2 Å². The molecule has 2 atom stereocenters. The molecule has 27 heavy (non-hydrogen) atoms. The van der Waals surface area contributed by atoms with Crippen LogP contribution in [0.2, 0.25) is 0 Å². The van der Waals surface area contributed by atoms with Crippen molar-refractivity contribution in [3.8, 4) is 11.5 Å². The molecule has 6 heteroatoms. The fourth-order valence-electron chi connectivity index (χ4n) is 3.15. The van der Waals surface area contributed by atoms with Crippen molar-refractivity contribution in [3.05, 3.63) is 60.2 Å². The Morgan fingerprint density at radius 1 is 1.07 bits per heavy atom. The van der Waals surface area contributed by atoms with Crippen LogP contribution in [0.4, 0.5) is 0 Å². The Kier molecular flexibility index (Phi) is 5.97. The molecule has 0 spiro atoms. The molecule has 2 fully saturated rings. The minimum atomic E-state index is -0.173. The predicted octanol–water partition coefficient (Wildman–Crippen LogP) is 3.13. The number of thioether (sulfide) groups is 1. The lowest BCUT2D eigenvalue weighted by molar-refractivity contribution is -0.121. The van der Waals surface area contributed by atoms with Crippen LogP contribution in [0.25, 0.3) is 0 Å². The molecule has 0 aromatic heterocycles. The lowest BCUT2D eigenvalue weighted by Crippen LogP contribution is -2.51. The highest BCUT2D eigenvalue weighted by Crippen LogP contribution is 2.33. The first-order valence-electron chi connectivity index (χ1n) is 9.34. The van der Waals surface area contributed by atoms with Gasteiger partial charge in [0.25, 0.3) is 0 Å². The molecule has 0 aliphatic carbocycles. The maximum absolute atomic E-state index is 12.7. The van der Waals surface area contributed by atoms with Gasteiger partial charge in [-0.25, -0.2) is 0 Å². The average molecular weight is 385 g/mol. The summed E-state index contributed by atoms with van der Waals surface area (Å²) in [7, 11) is 0. The Hall–Kier alpha value is -2.02. The molecule has 142 valence electrons. The fraction of sp³-hybridized carbons (Fsp3) is 0.381. The average Bonchev–Trinajstić information content (AvgIpc) is 2.83. The molecular weight excluding hydrogens is 360 g/mol. The molecule has 2 aromatic carbocycles. The van der Waals surface area contributed by atoms with E-state index in [0.717, 1.165) is 49.0 Å². The number of carbonyl (C=O) groups excluding carboxylic acids is 1. The SMILES string of the molecule is O=C1N[C@H](CNC2COC2)CCS[C@@H]1c1ccc(Oc2ccccc2)cc1. The number of rotatable bonds is 6. The van der Waals surface area contributed by atoms with E-state index in [1.54, 1.807) is 11.8 Å². The minimum Gasteiger partial charge on any atom is -0.457 e. The quantitative estimate of drug-likeness (QED) is 0.801. The Bertz CT molecular complexity index is 750. The minimum absolute atomic E-state index is 0.0888. The number of amides is 1. The van der Waals surface area contributed by atoms with Gasteiger partial charge < -0.3 is 20.1 Å². The molecule has 0 radical (unpaired) electrons. The number of nitrogens with one attached hydrogen (secondary N) is 2. The van der Waals surface area contributed by atoms with Crippen LogP contribution in [0, 0.1) is 0 Å². The van der Waals surface area contributed by atoms with Gasteiger partial charge in [-0.05, 0) is 42.0 Å². The number of ether oxygens (including phenoxy) is 2. The van der Waals surface area contributed by atoms with Crippen molar-refractivity contribution >= 4 is 17.7 Å². The Morgan fingerprint density at radius 2 is 1.81 bits per heavy atom. The molecule has 2 saturated heterocycles. The summed E-state index contributed by atoms with van der Waals surface area (Å²) in [5, 5.41) is 6.47. The van der Waals surface area contributed by atoms with Crippen molar-refractivity contribution in [2.24, 2.45) is 0 Å². The topological polar surface area (TPSA) is 59.6 Å². The molecule has 0 saturated carbocycles. The van der Waals surface area contributed by atoms with E-state index in [1.165, 1.54) is 0 Å². The van der Waals surface area contributed by atoms with Gasteiger partial charge in [-0.1, -0.05) is 30.3 Å². The second-order valence-electron chi connectivity index (χ2n) is 6.87. The van der Waals surface area contributed by atoms with E-state index in [-0.39, 0.29) is 17.2 Å². The molecule has 2 heterocycles. The normalized spacial score (nSPS) is 23.2. The first kappa shape index (κ1) is 18.3. The molecule has 2 aliphatic heterocycles. The number of hydrogen-bond donors (Lipinski definition) is 2. The van der Waals surface area contributed by atoms with Crippen molar-refractivity contribution < 1.29 is 14.3 Å². The van der Waals surface area contributed by atoms with Gasteiger partial charge >= 0.3 is 0 Å². The van der Waals surface area contributed by atoms with Crippen LogP contribution in [-0.2, 0) is 9.53 Å². The lowest BCUT2D eigenvalue weighted by Gasteiger charge is -2.29. The third-order valence-electron chi connectivity index (χ3n) is 4.79. The maximum Gasteiger partial charge on any atom is 0.237 e. The predicted molar refractivity (Wildman–Crippen MR) is 107 cm³/mol. The van der Waals surface area contributed by atoms with Gasteiger partial charge in [-0.3, -0.25) is 4.79 Å². The number of para-hydroxylation sites is 1. The molecule has 1 amide bonds. The summed E-state index contributed by atoms with van der Waals surface area (Å²) in [4.78, 5) is 12.7. The van der Waals surface area contributed by atoms with Crippen molar-refractivity contribution in [1.82, 2.24) is 10.6 Å². The molecule has 2 aromatic rings.